The summed E-state index contributed by atoms with van der Waals surface area (Å²) in [5.41, 5.74) is 4.45. The maximum Gasteiger partial charge on any atom is 0.101 e. The second-order valence-electron chi connectivity index (χ2n) is 5.06. The van der Waals surface area contributed by atoms with Crippen LogP contribution in [0.3, 0.4) is 0 Å². The SMILES string of the molecule is C[C@@H](I)Cc1cc(C#N)c2c(c1)CCN2CCCO. The van der Waals surface area contributed by atoms with E-state index in [1.54, 1.807) is 0 Å². The normalized spacial score (nSPS) is 15.2. The summed E-state index contributed by atoms with van der Waals surface area (Å²) in [6.07, 6.45) is 2.79. The largest absolute Gasteiger partial charge is 0.396 e. The minimum Gasteiger partial charge on any atom is -0.396 e. The maximum absolute atomic E-state index is 9.38. The lowest BCUT2D eigenvalue weighted by Crippen LogP contribution is -2.23. The van der Waals surface area contributed by atoms with Crippen LogP contribution in [-0.4, -0.2) is 28.7 Å². The third kappa shape index (κ3) is 3.40. The lowest BCUT2D eigenvalue weighted by atomic mass is 10.0. The highest BCUT2D eigenvalue weighted by Crippen LogP contribution is 2.33. The molecule has 0 saturated carbocycles. The Kier molecular flexibility index (Phi) is 5.06. The topological polar surface area (TPSA) is 47.3 Å². The van der Waals surface area contributed by atoms with Crippen molar-refractivity contribution in [3.05, 3.63) is 28.8 Å². The molecule has 0 fully saturated rings. The van der Waals surface area contributed by atoms with E-state index in [4.69, 9.17) is 5.11 Å². The molecule has 0 aliphatic carbocycles. The summed E-state index contributed by atoms with van der Waals surface area (Å²) in [5.74, 6) is 0. The van der Waals surface area contributed by atoms with E-state index >= 15 is 0 Å². The van der Waals surface area contributed by atoms with Crippen molar-refractivity contribution in [1.29, 1.82) is 5.26 Å². The fourth-order valence-corrected chi connectivity index (χ4v) is 3.21. The molecule has 1 aromatic carbocycles. The average Bonchev–Trinajstić information content (AvgIpc) is 2.77. The Bertz CT molecular complexity index is 494. The van der Waals surface area contributed by atoms with Crippen molar-refractivity contribution in [1.82, 2.24) is 0 Å². The number of fused-ring (bicyclic) bond motifs is 1. The van der Waals surface area contributed by atoms with Crippen molar-refractivity contribution in [2.45, 2.75) is 30.1 Å². The van der Waals surface area contributed by atoms with Crippen molar-refractivity contribution in [3.63, 3.8) is 0 Å². The van der Waals surface area contributed by atoms with Gasteiger partial charge in [-0.15, -0.1) is 0 Å². The Morgan fingerprint density at radius 1 is 1.53 bits per heavy atom. The van der Waals surface area contributed by atoms with Crippen molar-refractivity contribution >= 4 is 28.3 Å². The number of hydrogen-bond acceptors (Lipinski definition) is 3. The number of aliphatic hydroxyl groups is 1. The predicted molar refractivity (Wildman–Crippen MR) is 86.0 cm³/mol. The van der Waals surface area contributed by atoms with Gasteiger partial charge in [0.2, 0.25) is 0 Å². The van der Waals surface area contributed by atoms with Gasteiger partial charge in [-0.3, -0.25) is 0 Å². The molecule has 0 amide bonds. The molecule has 1 atom stereocenters. The van der Waals surface area contributed by atoms with Crippen molar-refractivity contribution in [3.8, 4) is 6.07 Å². The number of nitriles is 1. The molecule has 102 valence electrons. The van der Waals surface area contributed by atoms with E-state index in [9.17, 15) is 5.26 Å². The van der Waals surface area contributed by atoms with Crippen LogP contribution in [0.25, 0.3) is 0 Å². The van der Waals surface area contributed by atoms with Gasteiger partial charge in [-0.05, 0) is 36.5 Å². The van der Waals surface area contributed by atoms with E-state index in [-0.39, 0.29) is 6.61 Å². The summed E-state index contributed by atoms with van der Waals surface area (Å²) in [7, 11) is 0. The summed E-state index contributed by atoms with van der Waals surface area (Å²) in [6.45, 7) is 4.19. The molecular formula is C15H19IN2O. The number of anilines is 1. The molecule has 0 bridgehead atoms. The fourth-order valence-electron chi connectivity index (χ4n) is 2.70. The molecule has 19 heavy (non-hydrogen) atoms. The van der Waals surface area contributed by atoms with Gasteiger partial charge >= 0.3 is 0 Å². The molecule has 0 saturated heterocycles. The molecule has 1 aromatic rings. The summed E-state index contributed by atoms with van der Waals surface area (Å²) < 4.78 is 0.578. The first-order chi connectivity index (χ1) is 9.15. The molecule has 1 aliphatic rings. The van der Waals surface area contributed by atoms with E-state index in [2.05, 4.69) is 46.6 Å². The molecule has 4 heteroatoms. The van der Waals surface area contributed by atoms with E-state index in [1.807, 2.05) is 6.07 Å². The van der Waals surface area contributed by atoms with Gasteiger partial charge in [0.05, 0.1) is 11.3 Å². The van der Waals surface area contributed by atoms with Gasteiger partial charge in [0.1, 0.15) is 6.07 Å². The molecule has 1 aliphatic heterocycles. The zero-order valence-corrected chi connectivity index (χ0v) is 13.4. The Balaban J connectivity index is 2.30. The lowest BCUT2D eigenvalue weighted by molar-refractivity contribution is 0.290. The molecule has 3 nitrogen and oxygen atoms in total. The Hall–Kier alpha value is -0.800. The van der Waals surface area contributed by atoms with E-state index in [0.29, 0.717) is 3.92 Å². The predicted octanol–water partition coefficient (Wildman–Crippen LogP) is 2.67. The van der Waals surface area contributed by atoms with E-state index in [0.717, 1.165) is 43.6 Å². The van der Waals surface area contributed by atoms with Gasteiger partial charge in [-0.25, -0.2) is 0 Å². The smallest absolute Gasteiger partial charge is 0.101 e. The number of halogens is 1. The van der Waals surface area contributed by atoms with Crippen LogP contribution in [0.4, 0.5) is 5.69 Å². The zero-order chi connectivity index (χ0) is 13.8. The van der Waals surface area contributed by atoms with Crippen LogP contribution in [-0.2, 0) is 12.8 Å². The maximum atomic E-state index is 9.38. The van der Waals surface area contributed by atoms with Gasteiger partial charge < -0.3 is 10.0 Å². The van der Waals surface area contributed by atoms with Crippen LogP contribution >= 0.6 is 22.6 Å². The Morgan fingerprint density at radius 2 is 2.32 bits per heavy atom. The Labute approximate surface area is 128 Å². The summed E-state index contributed by atoms with van der Waals surface area (Å²) in [4.78, 5) is 2.24. The Morgan fingerprint density at radius 3 is 2.95 bits per heavy atom. The van der Waals surface area contributed by atoms with Gasteiger partial charge in [0.25, 0.3) is 0 Å². The van der Waals surface area contributed by atoms with Crippen LogP contribution in [0.15, 0.2) is 12.1 Å². The highest BCUT2D eigenvalue weighted by Gasteiger charge is 2.23. The fraction of sp³-hybridized carbons (Fsp3) is 0.533. The van der Waals surface area contributed by atoms with Gasteiger partial charge in [0.15, 0.2) is 0 Å². The monoisotopic (exact) mass is 370 g/mol. The molecule has 1 N–H and O–H groups in total. The average molecular weight is 370 g/mol. The standard InChI is InChI=1S/C15H19IN2O/c1-11(16)7-12-8-13-3-5-18(4-2-6-19)15(13)14(9-12)10-17/h8-9,11,19H,2-7H2,1H3/t11-/m1/s1. The summed E-state index contributed by atoms with van der Waals surface area (Å²) in [5, 5.41) is 18.3. The van der Waals surface area contributed by atoms with Crippen LogP contribution in [0.5, 0.6) is 0 Å². The quantitative estimate of drug-likeness (QED) is 0.641. The first-order valence-corrected chi connectivity index (χ1v) is 7.96. The number of benzene rings is 1. The first kappa shape index (κ1) is 14.6. The van der Waals surface area contributed by atoms with Gasteiger partial charge in [0, 0.05) is 23.6 Å². The highest BCUT2D eigenvalue weighted by atomic mass is 127. The number of nitrogens with zero attached hydrogens (tertiary/aromatic N) is 2. The molecular weight excluding hydrogens is 351 g/mol. The van der Waals surface area contributed by atoms with Crippen molar-refractivity contribution in [2.24, 2.45) is 0 Å². The van der Waals surface area contributed by atoms with E-state index < -0.39 is 0 Å². The van der Waals surface area contributed by atoms with Crippen molar-refractivity contribution in [2.75, 3.05) is 24.6 Å². The minimum atomic E-state index is 0.207. The number of aliphatic hydroxyl groups excluding tert-OH is 1. The molecule has 0 unspecified atom stereocenters. The number of rotatable bonds is 5. The van der Waals surface area contributed by atoms with Crippen LogP contribution < -0.4 is 4.90 Å². The summed E-state index contributed by atoms with van der Waals surface area (Å²) >= 11 is 2.42. The molecule has 2 rings (SSSR count). The second kappa shape index (κ2) is 6.58. The zero-order valence-electron chi connectivity index (χ0n) is 11.2. The van der Waals surface area contributed by atoms with Crippen LogP contribution in [0.2, 0.25) is 0 Å². The third-order valence-corrected chi connectivity index (χ3v) is 3.88. The van der Waals surface area contributed by atoms with Gasteiger partial charge in [-0.2, -0.15) is 5.26 Å². The number of hydrogen-bond donors (Lipinski definition) is 1. The third-order valence-electron chi connectivity index (χ3n) is 3.44. The van der Waals surface area contributed by atoms with Crippen molar-refractivity contribution < 1.29 is 5.11 Å². The van der Waals surface area contributed by atoms with E-state index in [1.165, 1.54) is 11.1 Å². The van der Waals surface area contributed by atoms with Crippen LogP contribution in [0.1, 0.15) is 30.0 Å². The molecule has 0 spiro atoms. The molecule has 0 aromatic heterocycles. The second-order valence-corrected chi connectivity index (χ2v) is 7.19. The summed E-state index contributed by atoms with van der Waals surface area (Å²) in [6, 6.07) is 6.63. The van der Waals surface area contributed by atoms with Gasteiger partial charge in [-0.1, -0.05) is 35.6 Å². The molecule has 0 radical (unpaired) electrons. The molecule has 1 heterocycles. The van der Waals surface area contributed by atoms with Crippen LogP contribution in [0, 0.1) is 11.3 Å². The highest BCUT2D eigenvalue weighted by molar-refractivity contribution is 14.1. The first-order valence-electron chi connectivity index (χ1n) is 6.71. The number of alkyl halides is 1. The minimum absolute atomic E-state index is 0.207. The lowest BCUT2D eigenvalue weighted by Gasteiger charge is -2.20.